The van der Waals surface area contributed by atoms with Gasteiger partial charge in [-0.3, -0.25) is 4.68 Å². The summed E-state index contributed by atoms with van der Waals surface area (Å²) in [6.07, 6.45) is 2.49. The molecule has 0 atom stereocenters. The van der Waals surface area contributed by atoms with E-state index in [2.05, 4.69) is 10.1 Å². The predicted molar refractivity (Wildman–Crippen MR) is 53.4 cm³/mol. The molecule has 1 N–H and O–H groups in total. The fraction of sp³-hybridized carbons (Fsp3) is 0.100. The number of hydrogen-bond acceptors (Lipinski definition) is 3. The van der Waals surface area contributed by atoms with Crippen molar-refractivity contribution in [2.45, 2.75) is 0 Å². The van der Waals surface area contributed by atoms with Crippen LogP contribution >= 0.6 is 0 Å². The second kappa shape index (κ2) is 3.73. The summed E-state index contributed by atoms with van der Waals surface area (Å²) >= 11 is 0. The standard InChI is InChI=1S/C10H8FN3O2/c1-14-8(7(5-13-14)10(15)16)6-3-2-4-12-9(6)11/h2-5H,1H3,(H,15,16). The maximum absolute atomic E-state index is 13.4. The normalized spacial score (nSPS) is 10.4. The molecular formula is C10H8FN3O2. The molecule has 0 amide bonds. The zero-order valence-electron chi connectivity index (χ0n) is 8.38. The van der Waals surface area contributed by atoms with E-state index in [0.717, 1.165) is 0 Å². The predicted octanol–water partition coefficient (Wildman–Crippen LogP) is 1.32. The van der Waals surface area contributed by atoms with Crippen LogP contribution in [0.5, 0.6) is 0 Å². The van der Waals surface area contributed by atoms with Gasteiger partial charge in [-0.1, -0.05) is 0 Å². The monoisotopic (exact) mass is 221 g/mol. The van der Waals surface area contributed by atoms with Gasteiger partial charge in [0.2, 0.25) is 5.95 Å². The molecule has 0 saturated carbocycles. The molecule has 2 aromatic rings. The molecule has 5 nitrogen and oxygen atoms in total. The highest BCUT2D eigenvalue weighted by atomic mass is 19.1. The minimum absolute atomic E-state index is 0.0469. The molecule has 0 unspecified atom stereocenters. The van der Waals surface area contributed by atoms with Crippen LogP contribution in [-0.2, 0) is 7.05 Å². The molecule has 0 aliphatic rings. The molecular weight excluding hydrogens is 213 g/mol. The number of aryl methyl sites for hydroxylation is 1. The van der Waals surface area contributed by atoms with Gasteiger partial charge < -0.3 is 5.11 Å². The van der Waals surface area contributed by atoms with Crippen molar-refractivity contribution in [1.82, 2.24) is 14.8 Å². The fourth-order valence-corrected chi connectivity index (χ4v) is 1.48. The average molecular weight is 221 g/mol. The molecule has 0 spiro atoms. The van der Waals surface area contributed by atoms with Gasteiger partial charge in [0.1, 0.15) is 5.56 Å². The molecule has 16 heavy (non-hydrogen) atoms. The Kier molecular flexibility index (Phi) is 2.40. The van der Waals surface area contributed by atoms with E-state index in [1.165, 1.54) is 29.2 Å². The SMILES string of the molecule is Cn1ncc(C(=O)O)c1-c1cccnc1F. The van der Waals surface area contributed by atoms with Crippen LogP contribution in [0.3, 0.4) is 0 Å². The van der Waals surface area contributed by atoms with Gasteiger partial charge >= 0.3 is 5.97 Å². The Bertz CT molecular complexity index is 551. The number of carbonyl (C=O) groups is 1. The minimum atomic E-state index is -1.15. The van der Waals surface area contributed by atoms with Crippen LogP contribution in [0.25, 0.3) is 11.3 Å². The first-order valence-corrected chi connectivity index (χ1v) is 4.47. The van der Waals surface area contributed by atoms with Crippen LogP contribution in [0, 0.1) is 5.95 Å². The second-order valence-electron chi connectivity index (χ2n) is 3.18. The third kappa shape index (κ3) is 1.54. The number of nitrogens with zero attached hydrogens (tertiary/aromatic N) is 3. The summed E-state index contributed by atoms with van der Waals surface area (Å²) < 4.78 is 14.7. The highest BCUT2D eigenvalue weighted by Crippen LogP contribution is 2.24. The molecule has 0 aliphatic heterocycles. The fourth-order valence-electron chi connectivity index (χ4n) is 1.48. The molecule has 0 fully saturated rings. The molecule has 0 bridgehead atoms. The average Bonchev–Trinajstić information content (AvgIpc) is 2.61. The summed E-state index contributed by atoms with van der Waals surface area (Å²) in [7, 11) is 1.55. The first kappa shape index (κ1) is 10.3. The summed E-state index contributed by atoms with van der Waals surface area (Å²) in [5.74, 6) is -1.86. The quantitative estimate of drug-likeness (QED) is 0.776. The minimum Gasteiger partial charge on any atom is -0.478 e. The van der Waals surface area contributed by atoms with E-state index in [9.17, 15) is 9.18 Å². The Morgan fingerprint density at radius 1 is 1.56 bits per heavy atom. The Labute approximate surface area is 90.2 Å². The first-order chi connectivity index (χ1) is 7.61. The van der Waals surface area contributed by atoms with Gasteiger partial charge in [0.05, 0.1) is 17.5 Å². The van der Waals surface area contributed by atoms with Gasteiger partial charge in [0, 0.05) is 13.2 Å². The third-order valence-corrected chi connectivity index (χ3v) is 2.18. The van der Waals surface area contributed by atoms with Crippen LogP contribution in [0.2, 0.25) is 0 Å². The van der Waals surface area contributed by atoms with Crippen molar-refractivity contribution in [3.05, 3.63) is 36.0 Å². The zero-order valence-corrected chi connectivity index (χ0v) is 8.38. The molecule has 0 aromatic carbocycles. The van der Waals surface area contributed by atoms with E-state index in [0.29, 0.717) is 0 Å². The lowest BCUT2D eigenvalue weighted by atomic mass is 10.1. The maximum atomic E-state index is 13.4. The number of rotatable bonds is 2. The number of carboxylic acid groups (broad SMARTS) is 1. The van der Waals surface area contributed by atoms with Crippen molar-refractivity contribution in [2.24, 2.45) is 7.05 Å². The Morgan fingerprint density at radius 3 is 2.94 bits per heavy atom. The van der Waals surface area contributed by atoms with Crippen molar-refractivity contribution in [1.29, 1.82) is 0 Å². The van der Waals surface area contributed by atoms with E-state index in [-0.39, 0.29) is 16.8 Å². The number of carboxylic acids is 1. The number of pyridine rings is 1. The summed E-state index contributed by atoms with van der Waals surface area (Å²) in [6.45, 7) is 0. The lowest BCUT2D eigenvalue weighted by Crippen LogP contribution is -2.02. The molecule has 6 heteroatoms. The van der Waals surface area contributed by atoms with E-state index in [1.807, 2.05) is 0 Å². The number of aromatic carboxylic acids is 1. The van der Waals surface area contributed by atoms with E-state index in [1.54, 1.807) is 7.05 Å². The number of hydrogen-bond donors (Lipinski definition) is 1. The number of aromatic nitrogens is 3. The van der Waals surface area contributed by atoms with Crippen molar-refractivity contribution >= 4 is 5.97 Å². The molecule has 2 heterocycles. The lowest BCUT2D eigenvalue weighted by Gasteiger charge is -2.04. The maximum Gasteiger partial charge on any atom is 0.339 e. The van der Waals surface area contributed by atoms with Crippen LogP contribution in [0.1, 0.15) is 10.4 Å². The van der Waals surface area contributed by atoms with Crippen molar-refractivity contribution in [3.8, 4) is 11.3 Å². The summed E-state index contributed by atoms with van der Waals surface area (Å²) in [6, 6.07) is 3.00. The van der Waals surface area contributed by atoms with Gasteiger partial charge in [0.25, 0.3) is 0 Å². The van der Waals surface area contributed by atoms with Gasteiger partial charge in [-0.25, -0.2) is 9.78 Å². The van der Waals surface area contributed by atoms with Crippen LogP contribution in [0.15, 0.2) is 24.5 Å². The molecule has 2 aromatic heterocycles. The number of halogens is 1. The van der Waals surface area contributed by atoms with Crippen molar-refractivity contribution in [2.75, 3.05) is 0 Å². The van der Waals surface area contributed by atoms with Crippen LogP contribution in [-0.4, -0.2) is 25.8 Å². The summed E-state index contributed by atoms with van der Waals surface area (Å²) in [4.78, 5) is 14.4. The van der Waals surface area contributed by atoms with Crippen LogP contribution < -0.4 is 0 Å². The van der Waals surface area contributed by atoms with Gasteiger partial charge in [-0.05, 0) is 12.1 Å². The second-order valence-corrected chi connectivity index (χ2v) is 3.18. The molecule has 0 radical (unpaired) electrons. The third-order valence-electron chi connectivity index (χ3n) is 2.18. The lowest BCUT2D eigenvalue weighted by molar-refractivity contribution is 0.0697. The highest BCUT2D eigenvalue weighted by Gasteiger charge is 2.19. The van der Waals surface area contributed by atoms with Crippen molar-refractivity contribution in [3.63, 3.8) is 0 Å². The van der Waals surface area contributed by atoms with Gasteiger partial charge in [-0.15, -0.1) is 0 Å². The van der Waals surface area contributed by atoms with Gasteiger partial charge in [0.15, 0.2) is 0 Å². The zero-order chi connectivity index (χ0) is 11.7. The van der Waals surface area contributed by atoms with Crippen LogP contribution in [0.4, 0.5) is 4.39 Å². The summed E-state index contributed by atoms with van der Waals surface area (Å²) in [5.41, 5.74) is 0.285. The smallest absolute Gasteiger partial charge is 0.339 e. The molecule has 82 valence electrons. The van der Waals surface area contributed by atoms with E-state index in [4.69, 9.17) is 5.11 Å². The first-order valence-electron chi connectivity index (χ1n) is 4.47. The highest BCUT2D eigenvalue weighted by molar-refractivity contribution is 5.94. The topological polar surface area (TPSA) is 68.0 Å². The molecule has 0 aliphatic carbocycles. The molecule has 0 saturated heterocycles. The van der Waals surface area contributed by atoms with Crippen molar-refractivity contribution < 1.29 is 14.3 Å². The van der Waals surface area contributed by atoms with E-state index < -0.39 is 11.9 Å². The Morgan fingerprint density at radius 2 is 2.31 bits per heavy atom. The largest absolute Gasteiger partial charge is 0.478 e. The Hall–Kier alpha value is -2.24. The Balaban J connectivity index is 2.68. The van der Waals surface area contributed by atoms with E-state index >= 15 is 0 Å². The molecule has 2 rings (SSSR count). The van der Waals surface area contributed by atoms with Gasteiger partial charge in [-0.2, -0.15) is 9.49 Å². The summed E-state index contributed by atoms with van der Waals surface area (Å²) in [5, 5.41) is 12.7.